The summed E-state index contributed by atoms with van der Waals surface area (Å²) in [6.45, 7) is 15.4. The maximum Gasteiger partial charge on any atom is 0.293 e. The molecule has 19 heavy (non-hydrogen) atoms. The van der Waals surface area contributed by atoms with Crippen LogP contribution in [-0.4, -0.2) is 49.1 Å². The number of piperazine rings is 1. The van der Waals surface area contributed by atoms with Crippen molar-refractivity contribution in [3.63, 3.8) is 0 Å². The Morgan fingerprint density at radius 2 is 1.58 bits per heavy atom. The van der Waals surface area contributed by atoms with E-state index in [1.807, 2.05) is 46.4 Å². The van der Waals surface area contributed by atoms with Crippen LogP contribution in [0.3, 0.4) is 0 Å². The van der Waals surface area contributed by atoms with Crippen molar-refractivity contribution in [2.24, 2.45) is 5.41 Å². The first-order valence-electron chi connectivity index (χ1n) is 6.69. The second kappa shape index (κ2) is 7.48. The second-order valence-corrected chi connectivity index (χ2v) is 6.62. The maximum atomic E-state index is 11.7. The van der Waals surface area contributed by atoms with E-state index in [9.17, 15) is 9.59 Å². The van der Waals surface area contributed by atoms with Crippen molar-refractivity contribution >= 4 is 12.4 Å². The minimum absolute atomic E-state index is 0.225. The fraction of sp³-hybridized carbons (Fsp3) is 0.857. The summed E-state index contributed by atoms with van der Waals surface area (Å²) in [5, 5.41) is 3.23. The van der Waals surface area contributed by atoms with Gasteiger partial charge in [-0.25, -0.2) is 0 Å². The number of hydrogen-bond acceptors (Lipinski definition) is 4. The fourth-order valence-corrected chi connectivity index (χ4v) is 1.49. The molecule has 1 aliphatic rings. The molecule has 112 valence electrons. The second-order valence-electron chi connectivity index (χ2n) is 6.62. The van der Waals surface area contributed by atoms with Gasteiger partial charge < -0.3 is 15.0 Å². The van der Waals surface area contributed by atoms with Crippen LogP contribution in [0.25, 0.3) is 0 Å². The van der Waals surface area contributed by atoms with Gasteiger partial charge in [0, 0.05) is 31.6 Å². The van der Waals surface area contributed by atoms with E-state index in [2.05, 4.69) is 10.1 Å². The number of nitrogens with zero attached hydrogens (tertiary/aromatic N) is 1. The van der Waals surface area contributed by atoms with Crippen LogP contribution in [0.4, 0.5) is 0 Å². The number of nitrogens with one attached hydrogen (secondary N) is 1. The van der Waals surface area contributed by atoms with Crippen molar-refractivity contribution < 1.29 is 14.3 Å². The number of carbonyl (C=O) groups is 2. The third kappa shape index (κ3) is 8.59. The third-order valence-corrected chi connectivity index (χ3v) is 2.45. The van der Waals surface area contributed by atoms with Crippen LogP contribution < -0.4 is 5.32 Å². The number of amides is 1. The molecule has 1 saturated heterocycles. The zero-order valence-corrected chi connectivity index (χ0v) is 13.1. The van der Waals surface area contributed by atoms with Crippen molar-refractivity contribution in [1.29, 1.82) is 0 Å². The zero-order chi connectivity index (χ0) is 15.1. The van der Waals surface area contributed by atoms with Gasteiger partial charge in [0.25, 0.3) is 6.47 Å². The number of ether oxygens (including phenoxy) is 1. The van der Waals surface area contributed by atoms with Crippen LogP contribution in [0.15, 0.2) is 0 Å². The molecule has 1 rings (SSSR count). The lowest BCUT2D eigenvalue weighted by atomic mass is 9.94. The lowest BCUT2D eigenvalue weighted by molar-refractivity contribution is -0.140. The Bertz CT molecular complexity index is 284. The molecule has 0 aliphatic carbocycles. The predicted molar refractivity (Wildman–Crippen MR) is 75.8 cm³/mol. The summed E-state index contributed by atoms with van der Waals surface area (Å²) in [5.74, 6) is 0.268. The van der Waals surface area contributed by atoms with Gasteiger partial charge in [0.05, 0.1) is 0 Å². The van der Waals surface area contributed by atoms with E-state index in [0.717, 1.165) is 26.2 Å². The number of hydrogen-bond donors (Lipinski definition) is 1. The molecule has 0 unspecified atom stereocenters. The molecule has 0 atom stereocenters. The largest absolute Gasteiger partial charge is 0.462 e. The number of rotatable bonds is 1. The van der Waals surface area contributed by atoms with Gasteiger partial charge >= 0.3 is 0 Å². The van der Waals surface area contributed by atoms with Gasteiger partial charge in [-0.15, -0.1) is 0 Å². The van der Waals surface area contributed by atoms with Gasteiger partial charge in [0.1, 0.15) is 5.60 Å². The van der Waals surface area contributed by atoms with E-state index >= 15 is 0 Å². The molecular weight excluding hydrogens is 244 g/mol. The molecule has 0 aromatic rings. The molecular formula is C14H28N2O3. The first kappa shape index (κ1) is 17.9. The Morgan fingerprint density at radius 3 is 1.84 bits per heavy atom. The van der Waals surface area contributed by atoms with Gasteiger partial charge in [-0.3, -0.25) is 9.59 Å². The Balaban J connectivity index is 0.000000399. The van der Waals surface area contributed by atoms with Crippen LogP contribution in [-0.2, 0) is 14.3 Å². The van der Waals surface area contributed by atoms with Gasteiger partial charge in [-0.05, 0) is 20.8 Å². The van der Waals surface area contributed by atoms with Crippen LogP contribution in [0.2, 0.25) is 0 Å². The van der Waals surface area contributed by atoms with E-state index in [1.54, 1.807) is 0 Å². The summed E-state index contributed by atoms with van der Waals surface area (Å²) in [6.07, 6.45) is 0. The van der Waals surface area contributed by atoms with Gasteiger partial charge in [0.15, 0.2) is 0 Å². The summed E-state index contributed by atoms with van der Waals surface area (Å²) in [5.41, 5.74) is -0.543. The predicted octanol–water partition coefficient (Wildman–Crippen LogP) is 1.42. The molecule has 1 aliphatic heterocycles. The Kier molecular flexibility index (Phi) is 7.05. The van der Waals surface area contributed by atoms with E-state index < -0.39 is 0 Å². The highest BCUT2D eigenvalue weighted by atomic mass is 16.5. The topological polar surface area (TPSA) is 58.6 Å². The molecule has 1 N–H and O–H groups in total. The van der Waals surface area contributed by atoms with Crippen molar-refractivity contribution in [3.05, 3.63) is 0 Å². The first-order valence-corrected chi connectivity index (χ1v) is 6.69. The Labute approximate surface area is 116 Å². The van der Waals surface area contributed by atoms with Gasteiger partial charge in [-0.2, -0.15) is 0 Å². The van der Waals surface area contributed by atoms with E-state index in [1.165, 1.54) is 0 Å². The smallest absolute Gasteiger partial charge is 0.293 e. The van der Waals surface area contributed by atoms with Crippen molar-refractivity contribution in [1.82, 2.24) is 10.2 Å². The van der Waals surface area contributed by atoms with Crippen molar-refractivity contribution in [2.45, 2.75) is 47.1 Å². The molecule has 1 heterocycles. The van der Waals surface area contributed by atoms with Crippen LogP contribution in [0, 0.1) is 5.41 Å². The van der Waals surface area contributed by atoms with Gasteiger partial charge in [0.2, 0.25) is 5.91 Å². The van der Waals surface area contributed by atoms with Crippen molar-refractivity contribution in [2.75, 3.05) is 26.2 Å². The zero-order valence-electron chi connectivity index (χ0n) is 13.1. The van der Waals surface area contributed by atoms with Crippen LogP contribution in [0.1, 0.15) is 41.5 Å². The summed E-state index contributed by atoms with van der Waals surface area (Å²) < 4.78 is 4.55. The Morgan fingerprint density at radius 1 is 1.11 bits per heavy atom. The summed E-state index contributed by atoms with van der Waals surface area (Å²) in [6, 6.07) is 0. The van der Waals surface area contributed by atoms with Crippen LogP contribution >= 0.6 is 0 Å². The molecule has 0 bridgehead atoms. The van der Waals surface area contributed by atoms with E-state index in [4.69, 9.17) is 0 Å². The maximum absolute atomic E-state index is 11.7. The average Bonchev–Trinajstić information content (AvgIpc) is 2.27. The third-order valence-electron chi connectivity index (χ3n) is 2.45. The molecule has 1 amide bonds. The molecule has 0 aromatic carbocycles. The highest BCUT2D eigenvalue weighted by Crippen LogP contribution is 2.17. The minimum Gasteiger partial charge on any atom is -0.462 e. The average molecular weight is 272 g/mol. The minimum atomic E-state index is -0.318. The normalized spacial score (nSPS) is 16.2. The lowest BCUT2D eigenvalue weighted by Gasteiger charge is -2.32. The summed E-state index contributed by atoms with van der Waals surface area (Å²) in [4.78, 5) is 23.3. The molecule has 0 aromatic heterocycles. The SMILES string of the molecule is CC(C)(C)C(=O)N1CCNCC1.CC(C)(C)OC=O. The van der Waals surface area contributed by atoms with E-state index in [-0.39, 0.29) is 16.9 Å². The molecule has 0 saturated carbocycles. The monoisotopic (exact) mass is 272 g/mol. The lowest BCUT2D eigenvalue weighted by Crippen LogP contribution is -2.49. The molecule has 0 radical (unpaired) electrons. The van der Waals surface area contributed by atoms with E-state index in [0.29, 0.717) is 6.47 Å². The quantitative estimate of drug-likeness (QED) is 0.734. The first-order chi connectivity index (χ1) is 8.58. The Hall–Kier alpha value is -1.10. The molecule has 1 fully saturated rings. The standard InChI is InChI=1S/C9H18N2O.C5H10O2/c1-9(2,3)8(12)11-6-4-10-5-7-11;1-5(2,3)7-4-6/h10H,4-7H2,1-3H3;4H,1-3H3. The summed E-state index contributed by atoms with van der Waals surface area (Å²) >= 11 is 0. The van der Waals surface area contributed by atoms with Crippen LogP contribution in [0.5, 0.6) is 0 Å². The molecule has 5 heteroatoms. The molecule has 5 nitrogen and oxygen atoms in total. The highest BCUT2D eigenvalue weighted by Gasteiger charge is 2.27. The summed E-state index contributed by atoms with van der Waals surface area (Å²) in [7, 11) is 0. The van der Waals surface area contributed by atoms with Gasteiger partial charge in [-0.1, -0.05) is 20.8 Å². The fourth-order valence-electron chi connectivity index (χ4n) is 1.49. The molecule has 0 spiro atoms. The number of carbonyl (C=O) groups excluding carboxylic acids is 2. The highest BCUT2D eigenvalue weighted by molar-refractivity contribution is 5.81. The van der Waals surface area contributed by atoms with Crippen molar-refractivity contribution in [3.8, 4) is 0 Å².